The number of hydrogen-bond donors (Lipinski definition) is 3. The van der Waals surface area contributed by atoms with E-state index in [2.05, 4.69) is 38.0 Å². The highest BCUT2D eigenvalue weighted by Gasteiger charge is 2.29. The molecule has 1 fully saturated rings. The van der Waals surface area contributed by atoms with Crippen molar-refractivity contribution in [1.29, 1.82) is 0 Å². The molecule has 3 aromatic rings. The number of nitrogens with zero attached hydrogens (tertiary/aromatic N) is 1. The lowest BCUT2D eigenvalue weighted by Crippen LogP contribution is -2.38. The fraction of sp³-hybridized carbons (Fsp3) is 0.483. The van der Waals surface area contributed by atoms with E-state index in [1.807, 2.05) is 18.3 Å². The molecule has 206 valence electrons. The summed E-state index contributed by atoms with van der Waals surface area (Å²) in [5, 5.41) is 4.34. The quantitative estimate of drug-likeness (QED) is 0.367. The highest BCUT2D eigenvalue weighted by Crippen LogP contribution is 2.37. The minimum atomic E-state index is -3.22. The van der Waals surface area contributed by atoms with E-state index in [9.17, 15) is 17.6 Å². The first-order valence-electron chi connectivity index (χ1n) is 13.3. The Labute approximate surface area is 225 Å². The largest absolute Gasteiger partial charge is 0.366 e. The number of primary amides is 1. The third kappa shape index (κ3) is 5.95. The maximum absolute atomic E-state index is 14.7. The maximum atomic E-state index is 14.7. The van der Waals surface area contributed by atoms with E-state index >= 15 is 0 Å². The second-order valence-corrected chi connectivity index (χ2v) is 13.7. The fourth-order valence-electron chi connectivity index (χ4n) is 5.08. The lowest BCUT2D eigenvalue weighted by molar-refractivity contribution is 0.100. The molecule has 1 aliphatic rings. The van der Waals surface area contributed by atoms with Gasteiger partial charge in [-0.15, -0.1) is 0 Å². The van der Waals surface area contributed by atoms with Crippen LogP contribution in [0.2, 0.25) is 0 Å². The van der Waals surface area contributed by atoms with Crippen molar-refractivity contribution in [3.8, 4) is 11.1 Å². The van der Waals surface area contributed by atoms with Crippen LogP contribution >= 0.6 is 0 Å². The summed E-state index contributed by atoms with van der Waals surface area (Å²) in [5.74, 6) is -0.682. The minimum Gasteiger partial charge on any atom is -0.366 e. The highest BCUT2D eigenvalue weighted by atomic mass is 32.2. The van der Waals surface area contributed by atoms with Crippen molar-refractivity contribution in [1.82, 2.24) is 14.6 Å². The number of hydrogen-bond acceptors (Lipinski definition) is 4. The number of sulfonamides is 1. The van der Waals surface area contributed by atoms with Gasteiger partial charge in [0.1, 0.15) is 5.82 Å². The fourth-order valence-corrected chi connectivity index (χ4v) is 6.21. The van der Waals surface area contributed by atoms with Crippen molar-refractivity contribution < 1.29 is 17.6 Å². The average Bonchev–Trinajstić information content (AvgIpc) is 3.29. The first kappa shape index (κ1) is 28.3. The van der Waals surface area contributed by atoms with Crippen LogP contribution < -0.4 is 11.1 Å². The number of H-pyrrole nitrogens is 1. The van der Waals surface area contributed by atoms with Crippen molar-refractivity contribution in [3.05, 3.63) is 59.0 Å². The van der Waals surface area contributed by atoms with Gasteiger partial charge >= 0.3 is 0 Å². The monoisotopic (exact) mass is 542 g/mol. The molecule has 1 aliphatic heterocycles. The lowest BCUT2D eigenvalue weighted by Gasteiger charge is -2.31. The van der Waals surface area contributed by atoms with E-state index in [1.165, 1.54) is 12.1 Å². The molecule has 0 radical (unpaired) electrons. The summed E-state index contributed by atoms with van der Waals surface area (Å²) in [6, 6.07) is 8.87. The maximum Gasteiger partial charge on any atom is 0.250 e. The Morgan fingerprint density at radius 3 is 2.42 bits per heavy atom. The molecule has 1 aromatic heterocycles. The van der Waals surface area contributed by atoms with Crippen LogP contribution in [-0.4, -0.2) is 48.5 Å². The smallest absolute Gasteiger partial charge is 0.250 e. The Kier molecular flexibility index (Phi) is 8.02. The molecule has 0 spiro atoms. The summed E-state index contributed by atoms with van der Waals surface area (Å²) in [5.41, 5.74) is 10.0. The predicted octanol–water partition coefficient (Wildman–Crippen LogP) is 5.13. The van der Waals surface area contributed by atoms with Gasteiger partial charge in [-0.1, -0.05) is 20.8 Å². The number of carbonyl (C=O) groups is 1. The zero-order chi connectivity index (χ0) is 27.8. The Balaban J connectivity index is 1.69. The normalized spacial score (nSPS) is 16.7. The van der Waals surface area contributed by atoms with Crippen LogP contribution in [0.4, 0.5) is 4.39 Å². The van der Waals surface area contributed by atoms with Gasteiger partial charge in [0.2, 0.25) is 10.0 Å². The third-order valence-corrected chi connectivity index (χ3v) is 9.82. The Morgan fingerprint density at radius 2 is 1.82 bits per heavy atom. The predicted molar refractivity (Wildman–Crippen MR) is 151 cm³/mol. The van der Waals surface area contributed by atoms with Gasteiger partial charge in [0.05, 0.1) is 16.8 Å². The van der Waals surface area contributed by atoms with Crippen molar-refractivity contribution in [2.24, 2.45) is 11.1 Å². The standard InChI is InChI=1S/C29H39FN4O3S/c1-6-38(36,37)34-9-7-20(8-10-34)26-17-33-27-24(26)14-22(15-25(27)28(31)35)21-11-19(12-23(30)13-21)16-32-18(2)29(3,4)5/h11-15,17-18,20,32-33H,6-10,16H2,1-5H3,(H2,31,35)/t18-/m1/s1. The molecule has 2 heterocycles. The van der Waals surface area contributed by atoms with Crippen LogP contribution in [0.25, 0.3) is 22.0 Å². The molecule has 9 heteroatoms. The summed E-state index contributed by atoms with van der Waals surface area (Å²) in [6.45, 7) is 11.7. The Bertz CT molecular complexity index is 1430. The number of aromatic nitrogens is 1. The molecular formula is C29H39FN4O3S. The summed E-state index contributed by atoms with van der Waals surface area (Å²) in [7, 11) is -3.22. The van der Waals surface area contributed by atoms with Crippen LogP contribution in [0.1, 0.15) is 74.9 Å². The number of carbonyl (C=O) groups excluding carboxylic acids is 1. The first-order valence-corrected chi connectivity index (χ1v) is 14.9. The molecule has 2 aromatic carbocycles. The molecule has 38 heavy (non-hydrogen) atoms. The van der Waals surface area contributed by atoms with Gasteiger partial charge < -0.3 is 16.0 Å². The van der Waals surface area contributed by atoms with Gasteiger partial charge in [0.25, 0.3) is 5.91 Å². The summed E-state index contributed by atoms with van der Waals surface area (Å²) in [6.07, 6.45) is 3.26. The molecular weight excluding hydrogens is 503 g/mol. The van der Waals surface area contributed by atoms with E-state index in [4.69, 9.17) is 5.73 Å². The second-order valence-electron chi connectivity index (χ2n) is 11.4. The van der Waals surface area contributed by atoms with Crippen molar-refractivity contribution in [3.63, 3.8) is 0 Å². The van der Waals surface area contributed by atoms with Crippen molar-refractivity contribution in [2.75, 3.05) is 18.8 Å². The van der Waals surface area contributed by atoms with Gasteiger partial charge in [-0.3, -0.25) is 4.79 Å². The van der Waals surface area contributed by atoms with Gasteiger partial charge in [-0.2, -0.15) is 0 Å². The zero-order valence-electron chi connectivity index (χ0n) is 22.9. The molecule has 4 N–H and O–H groups in total. The van der Waals surface area contributed by atoms with Crippen molar-refractivity contribution in [2.45, 2.75) is 66.0 Å². The van der Waals surface area contributed by atoms with Gasteiger partial charge in [-0.25, -0.2) is 17.1 Å². The molecule has 1 amide bonds. The molecule has 0 unspecified atom stereocenters. The average molecular weight is 543 g/mol. The molecule has 0 saturated carbocycles. The summed E-state index contributed by atoms with van der Waals surface area (Å²) >= 11 is 0. The minimum absolute atomic E-state index is 0.0686. The van der Waals surface area contributed by atoms with E-state index < -0.39 is 15.9 Å². The summed E-state index contributed by atoms with van der Waals surface area (Å²) < 4.78 is 40.9. The number of benzene rings is 2. The topological polar surface area (TPSA) is 108 Å². The Morgan fingerprint density at radius 1 is 1.16 bits per heavy atom. The molecule has 1 atom stereocenters. The number of fused-ring (bicyclic) bond motifs is 1. The molecule has 0 bridgehead atoms. The molecule has 7 nitrogen and oxygen atoms in total. The number of rotatable bonds is 8. The number of piperidine rings is 1. The van der Waals surface area contributed by atoms with Crippen LogP contribution in [0.15, 0.2) is 36.5 Å². The first-order chi connectivity index (χ1) is 17.8. The van der Waals surface area contributed by atoms with Crippen LogP contribution in [0.5, 0.6) is 0 Å². The van der Waals surface area contributed by atoms with Gasteiger partial charge in [0.15, 0.2) is 0 Å². The van der Waals surface area contributed by atoms with Crippen LogP contribution in [-0.2, 0) is 16.6 Å². The number of nitrogens with one attached hydrogen (secondary N) is 2. The number of amides is 1. The van der Waals surface area contributed by atoms with Crippen LogP contribution in [0, 0.1) is 11.2 Å². The van der Waals surface area contributed by atoms with Crippen LogP contribution in [0.3, 0.4) is 0 Å². The zero-order valence-corrected chi connectivity index (χ0v) is 23.7. The van der Waals surface area contributed by atoms with Gasteiger partial charge in [0, 0.05) is 37.3 Å². The lowest BCUT2D eigenvalue weighted by atomic mass is 9.88. The molecule has 0 aliphatic carbocycles. The van der Waals surface area contributed by atoms with E-state index in [1.54, 1.807) is 17.3 Å². The van der Waals surface area contributed by atoms with Crippen molar-refractivity contribution >= 4 is 26.8 Å². The number of nitrogens with two attached hydrogens (primary N) is 1. The Hall–Kier alpha value is -2.75. The SMILES string of the molecule is CCS(=O)(=O)N1CCC(c2c[nH]c3c(C(N)=O)cc(-c4cc(F)cc(CN[C@H](C)C(C)(C)C)c4)cc23)CC1. The molecule has 4 rings (SSSR count). The summed E-state index contributed by atoms with van der Waals surface area (Å²) in [4.78, 5) is 15.6. The number of halogens is 1. The highest BCUT2D eigenvalue weighted by molar-refractivity contribution is 7.89. The number of aromatic amines is 1. The van der Waals surface area contributed by atoms with E-state index in [0.717, 1.165) is 16.5 Å². The van der Waals surface area contributed by atoms with E-state index in [0.29, 0.717) is 54.7 Å². The molecule has 1 saturated heterocycles. The van der Waals surface area contributed by atoms with E-state index in [-0.39, 0.29) is 28.9 Å². The third-order valence-electron chi connectivity index (χ3n) is 7.94. The van der Waals surface area contributed by atoms with Gasteiger partial charge in [-0.05, 0) is 90.6 Å². The second kappa shape index (κ2) is 10.8.